The van der Waals surface area contributed by atoms with Gasteiger partial charge in [0.25, 0.3) is 0 Å². The van der Waals surface area contributed by atoms with Crippen molar-refractivity contribution < 1.29 is 4.79 Å². The van der Waals surface area contributed by atoms with E-state index in [-0.39, 0.29) is 5.91 Å². The number of carbonyl (C=O) groups is 1. The number of piperazine rings is 1. The summed E-state index contributed by atoms with van der Waals surface area (Å²) in [6.07, 6.45) is 0.968. The smallest absolute Gasteiger partial charge is 0.234 e. The molecule has 0 unspecified atom stereocenters. The Hall–Kier alpha value is -1.12. The monoisotopic (exact) mass is 252 g/mol. The Kier molecular flexibility index (Phi) is 5.57. The van der Waals surface area contributed by atoms with E-state index >= 15 is 0 Å². The van der Waals surface area contributed by atoms with E-state index < -0.39 is 5.54 Å². The van der Waals surface area contributed by atoms with Crippen LogP contribution in [-0.2, 0) is 4.79 Å². The lowest BCUT2D eigenvalue weighted by atomic mass is 10.0. The summed E-state index contributed by atoms with van der Waals surface area (Å²) in [5, 5.41) is 12.0. The summed E-state index contributed by atoms with van der Waals surface area (Å²) in [5.74, 6) is 0.102. The molecule has 0 aliphatic carbocycles. The molecule has 1 aliphatic rings. The third-order valence-corrected chi connectivity index (χ3v) is 3.38. The Bertz CT molecular complexity index is 313. The average Bonchev–Trinajstić information content (AvgIpc) is 2.37. The molecule has 18 heavy (non-hydrogen) atoms. The molecule has 102 valence electrons. The molecule has 0 radical (unpaired) electrons. The van der Waals surface area contributed by atoms with Gasteiger partial charge in [-0.15, -0.1) is 0 Å². The average molecular weight is 252 g/mol. The van der Waals surface area contributed by atoms with E-state index in [9.17, 15) is 4.79 Å². The topological polar surface area (TPSA) is 59.4 Å². The molecule has 1 heterocycles. The van der Waals surface area contributed by atoms with Crippen molar-refractivity contribution in [3.05, 3.63) is 0 Å². The van der Waals surface area contributed by atoms with Gasteiger partial charge in [-0.25, -0.2) is 0 Å². The fraction of sp³-hybridized carbons (Fsp3) is 0.846. The SMILES string of the molecule is CCCNC(=O)CN1CCN(C(C)(C)C#N)CC1. The predicted octanol–water partition coefficient (Wildman–Crippen LogP) is 0.432. The summed E-state index contributed by atoms with van der Waals surface area (Å²) in [4.78, 5) is 15.9. The molecule has 0 bridgehead atoms. The highest BCUT2D eigenvalue weighted by molar-refractivity contribution is 5.77. The lowest BCUT2D eigenvalue weighted by Gasteiger charge is -2.40. The van der Waals surface area contributed by atoms with Gasteiger partial charge in [0.2, 0.25) is 5.91 Å². The second-order valence-electron chi connectivity index (χ2n) is 5.28. The predicted molar refractivity (Wildman–Crippen MR) is 71.0 cm³/mol. The first-order chi connectivity index (χ1) is 8.49. The van der Waals surface area contributed by atoms with E-state index in [1.807, 2.05) is 20.8 Å². The van der Waals surface area contributed by atoms with Crippen LogP contribution in [0.5, 0.6) is 0 Å². The number of hydrogen-bond donors (Lipinski definition) is 1. The van der Waals surface area contributed by atoms with Crippen LogP contribution in [0.25, 0.3) is 0 Å². The van der Waals surface area contributed by atoms with Gasteiger partial charge >= 0.3 is 0 Å². The Labute approximate surface area is 110 Å². The second kappa shape index (κ2) is 6.72. The van der Waals surface area contributed by atoms with E-state index in [0.717, 1.165) is 39.1 Å². The number of nitrogens with zero attached hydrogens (tertiary/aromatic N) is 3. The molecule has 0 spiro atoms. The Morgan fingerprint density at radius 1 is 1.33 bits per heavy atom. The molecule has 1 aliphatic heterocycles. The van der Waals surface area contributed by atoms with Crippen molar-refractivity contribution in [3.63, 3.8) is 0 Å². The van der Waals surface area contributed by atoms with E-state index in [0.29, 0.717) is 6.54 Å². The van der Waals surface area contributed by atoms with Gasteiger partial charge in [-0.1, -0.05) is 6.92 Å². The summed E-state index contributed by atoms with van der Waals surface area (Å²) >= 11 is 0. The van der Waals surface area contributed by atoms with Gasteiger partial charge in [0.15, 0.2) is 0 Å². The zero-order valence-corrected chi connectivity index (χ0v) is 11.7. The van der Waals surface area contributed by atoms with Gasteiger partial charge in [0.05, 0.1) is 12.6 Å². The van der Waals surface area contributed by atoms with Crippen LogP contribution in [0.15, 0.2) is 0 Å². The first-order valence-corrected chi connectivity index (χ1v) is 6.65. The summed E-state index contributed by atoms with van der Waals surface area (Å²) in [6.45, 7) is 10.6. The largest absolute Gasteiger partial charge is 0.355 e. The standard InChI is InChI=1S/C13H24N4O/c1-4-5-15-12(18)10-16-6-8-17(9-7-16)13(2,3)11-14/h4-10H2,1-3H3,(H,15,18). The molecule has 1 rings (SSSR count). The van der Waals surface area contributed by atoms with E-state index in [1.54, 1.807) is 0 Å². The van der Waals surface area contributed by atoms with Crippen LogP contribution in [0.1, 0.15) is 27.2 Å². The van der Waals surface area contributed by atoms with Gasteiger partial charge in [-0.3, -0.25) is 14.6 Å². The molecule has 5 heteroatoms. The van der Waals surface area contributed by atoms with E-state index in [2.05, 4.69) is 21.2 Å². The van der Waals surface area contributed by atoms with Crippen LogP contribution in [0.3, 0.4) is 0 Å². The van der Waals surface area contributed by atoms with Crippen molar-refractivity contribution in [2.75, 3.05) is 39.3 Å². The number of rotatable bonds is 5. The molecule has 1 amide bonds. The fourth-order valence-corrected chi connectivity index (χ4v) is 2.06. The zero-order valence-electron chi connectivity index (χ0n) is 11.7. The Morgan fingerprint density at radius 2 is 1.94 bits per heavy atom. The van der Waals surface area contributed by atoms with Crippen molar-refractivity contribution >= 4 is 5.91 Å². The molecule has 0 atom stereocenters. The van der Waals surface area contributed by atoms with Gasteiger partial charge < -0.3 is 5.32 Å². The highest BCUT2D eigenvalue weighted by atomic mass is 16.2. The number of nitriles is 1. The van der Waals surface area contributed by atoms with Crippen LogP contribution < -0.4 is 5.32 Å². The number of hydrogen-bond acceptors (Lipinski definition) is 4. The van der Waals surface area contributed by atoms with Crippen molar-refractivity contribution in [1.82, 2.24) is 15.1 Å². The molecular formula is C13H24N4O. The summed E-state index contributed by atoms with van der Waals surface area (Å²) in [7, 11) is 0. The number of amides is 1. The third-order valence-electron chi connectivity index (χ3n) is 3.38. The van der Waals surface area contributed by atoms with Crippen LogP contribution >= 0.6 is 0 Å². The van der Waals surface area contributed by atoms with Gasteiger partial charge in [-0.2, -0.15) is 5.26 Å². The summed E-state index contributed by atoms with van der Waals surface area (Å²) in [5.41, 5.74) is -0.406. The minimum absolute atomic E-state index is 0.102. The highest BCUT2D eigenvalue weighted by Gasteiger charge is 2.29. The zero-order chi connectivity index (χ0) is 13.6. The maximum atomic E-state index is 11.6. The first-order valence-electron chi connectivity index (χ1n) is 6.65. The summed E-state index contributed by atoms with van der Waals surface area (Å²) < 4.78 is 0. The van der Waals surface area contributed by atoms with Crippen molar-refractivity contribution in [2.45, 2.75) is 32.7 Å². The molecule has 0 aromatic rings. The maximum absolute atomic E-state index is 11.6. The number of carbonyl (C=O) groups excluding carboxylic acids is 1. The molecule has 1 saturated heterocycles. The molecular weight excluding hydrogens is 228 g/mol. The second-order valence-corrected chi connectivity index (χ2v) is 5.28. The Balaban J connectivity index is 2.32. The van der Waals surface area contributed by atoms with Crippen LogP contribution in [0, 0.1) is 11.3 Å². The van der Waals surface area contributed by atoms with Crippen molar-refractivity contribution in [2.24, 2.45) is 0 Å². The molecule has 0 saturated carbocycles. The first kappa shape index (κ1) is 14.9. The van der Waals surface area contributed by atoms with Crippen LogP contribution in [-0.4, -0.2) is 60.5 Å². The van der Waals surface area contributed by atoms with Gasteiger partial charge in [-0.05, 0) is 20.3 Å². The molecule has 1 N–H and O–H groups in total. The lowest BCUT2D eigenvalue weighted by Crippen LogP contribution is -2.55. The fourth-order valence-electron chi connectivity index (χ4n) is 2.06. The molecule has 5 nitrogen and oxygen atoms in total. The maximum Gasteiger partial charge on any atom is 0.234 e. The van der Waals surface area contributed by atoms with Crippen molar-refractivity contribution in [1.29, 1.82) is 5.26 Å². The quantitative estimate of drug-likeness (QED) is 0.771. The van der Waals surface area contributed by atoms with E-state index in [1.165, 1.54) is 0 Å². The molecule has 1 fully saturated rings. The minimum Gasteiger partial charge on any atom is -0.355 e. The number of nitrogens with one attached hydrogen (secondary N) is 1. The van der Waals surface area contributed by atoms with Gasteiger partial charge in [0.1, 0.15) is 5.54 Å². The molecule has 0 aromatic carbocycles. The Morgan fingerprint density at radius 3 is 2.44 bits per heavy atom. The highest BCUT2D eigenvalue weighted by Crippen LogP contribution is 2.15. The third kappa shape index (κ3) is 4.28. The van der Waals surface area contributed by atoms with Crippen LogP contribution in [0.2, 0.25) is 0 Å². The normalized spacial score (nSPS) is 18.3. The van der Waals surface area contributed by atoms with E-state index in [4.69, 9.17) is 5.26 Å². The summed E-state index contributed by atoms with van der Waals surface area (Å²) in [6, 6.07) is 2.32. The van der Waals surface area contributed by atoms with Gasteiger partial charge in [0, 0.05) is 32.7 Å². The molecule has 0 aromatic heterocycles. The van der Waals surface area contributed by atoms with Crippen LogP contribution in [0.4, 0.5) is 0 Å². The van der Waals surface area contributed by atoms with Crippen molar-refractivity contribution in [3.8, 4) is 6.07 Å². The minimum atomic E-state index is -0.406. The lowest BCUT2D eigenvalue weighted by molar-refractivity contribution is -0.122.